The molecule has 4 aromatic rings. The number of benzene rings is 2. The SMILES string of the molecule is COc1ccc(Cn2ccc3cnc(Nc4ccc(N5CCNCC5)cc4)nc32)c(N(C)S(C)(=O)=O)c1. The molecule has 1 aliphatic rings. The monoisotopic (exact) mass is 521 g/mol. The van der Waals surface area contributed by atoms with Gasteiger partial charge in [-0.25, -0.2) is 13.4 Å². The molecule has 0 spiro atoms. The van der Waals surface area contributed by atoms with E-state index in [1.165, 1.54) is 16.2 Å². The molecule has 194 valence electrons. The van der Waals surface area contributed by atoms with E-state index in [2.05, 4.69) is 32.7 Å². The molecule has 2 N–H and O–H groups in total. The van der Waals surface area contributed by atoms with Crippen LogP contribution in [0.15, 0.2) is 60.9 Å². The molecule has 1 saturated heterocycles. The molecule has 0 amide bonds. The van der Waals surface area contributed by atoms with Crippen LogP contribution < -0.4 is 24.6 Å². The minimum atomic E-state index is -3.45. The smallest absolute Gasteiger partial charge is 0.232 e. The van der Waals surface area contributed by atoms with Gasteiger partial charge < -0.3 is 24.8 Å². The van der Waals surface area contributed by atoms with Crippen molar-refractivity contribution in [1.82, 2.24) is 19.9 Å². The van der Waals surface area contributed by atoms with Gasteiger partial charge in [-0.2, -0.15) is 4.98 Å². The molecule has 0 atom stereocenters. The molecule has 1 fully saturated rings. The van der Waals surface area contributed by atoms with E-state index in [1.807, 2.05) is 41.1 Å². The molecule has 1 aliphatic heterocycles. The van der Waals surface area contributed by atoms with Gasteiger partial charge in [-0.15, -0.1) is 0 Å². The fourth-order valence-electron chi connectivity index (χ4n) is 4.43. The van der Waals surface area contributed by atoms with Gasteiger partial charge in [0.1, 0.15) is 11.4 Å². The Balaban J connectivity index is 1.39. The third-order valence-corrected chi connectivity index (χ3v) is 7.77. The van der Waals surface area contributed by atoms with Crippen LogP contribution >= 0.6 is 0 Å². The van der Waals surface area contributed by atoms with E-state index in [9.17, 15) is 8.42 Å². The van der Waals surface area contributed by atoms with Gasteiger partial charge in [-0.3, -0.25) is 4.31 Å². The summed E-state index contributed by atoms with van der Waals surface area (Å²) in [5.74, 6) is 1.08. The molecule has 2 aromatic carbocycles. The highest BCUT2D eigenvalue weighted by molar-refractivity contribution is 7.92. The lowest BCUT2D eigenvalue weighted by Gasteiger charge is -2.29. The first-order chi connectivity index (χ1) is 17.8. The van der Waals surface area contributed by atoms with Crippen molar-refractivity contribution in [3.8, 4) is 5.75 Å². The molecule has 37 heavy (non-hydrogen) atoms. The summed E-state index contributed by atoms with van der Waals surface area (Å²) >= 11 is 0. The Morgan fingerprint density at radius 1 is 1.11 bits per heavy atom. The molecule has 5 rings (SSSR count). The average molecular weight is 522 g/mol. The number of anilines is 4. The first-order valence-corrected chi connectivity index (χ1v) is 13.9. The summed E-state index contributed by atoms with van der Waals surface area (Å²) in [7, 11) is -0.351. The van der Waals surface area contributed by atoms with Crippen LogP contribution in [-0.2, 0) is 16.6 Å². The zero-order chi connectivity index (χ0) is 26.0. The predicted octanol–water partition coefficient (Wildman–Crippen LogP) is 3.04. The molecular weight excluding hydrogens is 490 g/mol. The summed E-state index contributed by atoms with van der Waals surface area (Å²) in [4.78, 5) is 11.6. The number of piperazine rings is 1. The quantitative estimate of drug-likeness (QED) is 0.365. The van der Waals surface area contributed by atoms with E-state index in [0.29, 0.717) is 23.9 Å². The predicted molar refractivity (Wildman–Crippen MR) is 148 cm³/mol. The Morgan fingerprint density at radius 2 is 1.86 bits per heavy atom. The number of ether oxygens (including phenoxy) is 1. The van der Waals surface area contributed by atoms with Gasteiger partial charge >= 0.3 is 0 Å². The van der Waals surface area contributed by atoms with E-state index in [-0.39, 0.29) is 0 Å². The lowest BCUT2D eigenvalue weighted by Crippen LogP contribution is -2.43. The maximum atomic E-state index is 12.3. The summed E-state index contributed by atoms with van der Waals surface area (Å²) in [5, 5.41) is 7.57. The molecular formula is C26H31N7O3S. The summed E-state index contributed by atoms with van der Waals surface area (Å²) in [5.41, 5.74) is 4.23. The highest BCUT2D eigenvalue weighted by Gasteiger charge is 2.18. The van der Waals surface area contributed by atoms with Crippen molar-refractivity contribution in [3.63, 3.8) is 0 Å². The van der Waals surface area contributed by atoms with Crippen LogP contribution in [0.2, 0.25) is 0 Å². The van der Waals surface area contributed by atoms with Gasteiger partial charge in [-0.05, 0) is 42.0 Å². The topological polar surface area (TPSA) is 105 Å². The van der Waals surface area contributed by atoms with Crippen molar-refractivity contribution in [2.24, 2.45) is 0 Å². The van der Waals surface area contributed by atoms with Gasteiger partial charge in [0.05, 0.1) is 25.6 Å². The number of sulfonamides is 1. The maximum absolute atomic E-state index is 12.3. The van der Waals surface area contributed by atoms with Crippen molar-refractivity contribution in [3.05, 3.63) is 66.5 Å². The van der Waals surface area contributed by atoms with E-state index < -0.39 is 10.0 Å². The number of hydrogen-bond donors (Lipinski definition) is 2. The molecule has 2 aromatic heterocycles. The van der Waals surface area contributed by atoms with Crippen LogP contribution in [0.1, 0.15) is 5.56 Å². The largest absolute Gasteiger partial charge is 0.497 e. The Hall–Kier alpha value is -3.83. The van der Waals surface area contributed by atoms with Crippen LogP contribution in [-0.4, -0.2) is 69.5 Å². The first-order valence-electron chi connectivity index (χ1n) is 12.1. The lowest BCUT2D eigenvalue weighted by atomic mass is 10.1. The maximum Gasteiger partial charge on any atom is 0.232 e. The minimum Gasteiger partial charge on any atom is -0.497 e. The number of aromatic nitrogens is 3. The molecule has 0 radical (unpaired) electrons. The van der Waals surface area contributed by atoms with Crippen LogP contribution in [0.3, 0.4) is 0 Å². The standard InChI is InChI=1S/C26H31N7O3S/c1-31(37(3,34)35)24-16-23(36-2)9-4-20(24)18-33-13-10-19-17-28-26(30-25(19)33)29-21-5-7-22(8-6-21)32-14-11-27-12-15-32/h4-10,13,16-17,27H,11-12,14-15,18H2,1-3H3,(H,28,29,30). The molecule has 0 saturated carbocycles. The van der Waals surface area contributed by atoms with Gasteiger partial charge in [0.25, 0.3) is 0 Å². The van der Waals surface area contributed by atoms with Crippen molar-refractivity contribution in [2.45, 2.75) is 6.54 Å². The third kappa shape index (κ3) is 5.47. The molecule has 10 nitrogen and oxygen atoms in total. The van der Waals surface area contributed by atoms with Crippen molar-refractivity contribution in [2.75, 3.05) is 61.1 Å². The number of nitrogens with one attached hydrogen (secondary N) is 2. The van der Waals surface area contributed by atoms with E-state index in [4.69, 9.17) is 9.72 Å². The van der Waals surface area contributed by atoms with Crippen molar-refractivity contribution >= 4 is 44.1 Å². The minimum absolute atomic E-state index is 0.429. The molecule has 0 bridgehead atoms. The van der Waals surface area contributed by atoms with Crippen LogP contribution in [0.4, 0.5) is 23.0 Å². The zero-order valence-electron chi connectivity index (χ0n) is 21.2. The second-order valence-electron chi connectivity index (χ2n) is 9.05. The van der Waals surface area contributed by atoms with E-state index >= 15 is 0 Å². The molecule has 11 heteroatoms. The zero-order valence-corrected chi connectivity index (χ0v) is 22.0. The van der Waals surface area contributed by atoms with E-state index in [1.54, 1.807) is 26.4 Å². The van der Waals surface area contributed by atoms with Crippen molar-refractivity contribution in [1.29, 1.82) is 0 Å². The Bertz CT molecular complexity index is 1500. The second-order valence-corrected chi connectivity index (χ2v) is 11.1. The first kappa shape index (κ1) is 24.8. The third-order valence-electron chi connectivity index (χ3n) is 6.58. The second kappa shape index (κ2) is 10.3. The van der Waals surface area contributed by atoms with Crippen molar-refractivity contribution < 1.29 is 13.2 Å². The van der Waals surface area contributed by atoms with Crippen LogP contribution in [0, 0.1) is 0 Å². The molecule has 3 heterocycles. The van der Waals surface area contributed by atoms with Gasteiger partial charge in [0, 0.05) is 68.4 Å². The van der Waals surface area contributed by atoms with Gasteiger partial charge in [0.15, 0.2) is 0 Å². The number of hydrogen-bond acceptors (Lipinski definition) is 8. The summed E-state index contributed by atoms with van der Waals surface area (Å²) in [6.07, 6.45) is 4.90. The highest BCUT2D eigenvalue weighted by atomic mass is 32.2. The summed E-state index contributed by atoms with van der Waals surface area (Å²) in [6.45, 7) is 4.42. The van der Waals surface area contributed by atoms with Crippen LogP contribution in [0.5, 0.6) is 5.75 Å². The average Bonchev–Trinajstić information content (AvgIpc) is 3.31. The number of nitrogens with zero attached hydrogens (tertiary/aromatic N) is 5. The number of methoxy groups -OCH3 is 1. The van der Waals surface area contributed by atoms with Crippen LogP contribution in [0.25, 0.3) is 11.0 Å². The van der Waals surface area contributed by atoms with E-state index in [0.717, 1.165) is 48.5 Å². The summed E-state index contributed by atoms with van der Waals surface area (Å²) in [6, 6.07) is 15.7. The normalized spacial score (nSPS) is 14.1. The number of fused-ring (bicyclic) bond motifs is 1. The Labute approximate surface area is 216 Å². The fraction of sp³-hybridized carbons (Fsp3) is 0.308. The van der Waals surface area contributed by atoms with Gasteiger partial charge in [-0.1, -0.05) is 6.07 Å². The fourth-order valence-corrected chi connectivity index (χ4v) is 4.95. The summed E-state index contributed by atoms with van der Waals surface area (Å²) < 4.78 is 33.1. The number of rotatable bonds is 8. The molecule has 0 unspecified atom stereocenters. The molecule has 0 aliphatic carbocycles. The Morgan fingerprint density at radius 3 is 2.57 bits per heavy atom. The van der Waals surface area contributed by atoms with Gasteiger partial charge in [0.2, 0.25) is 16.0 Å². The lowest BCUT2D eigenvalue weighted by molar-refractivity contribution is 0.414. The highest BCUT2D eigenvalue weighted by Crippen LogP contribution is 2.29. The Kier molecular flexibility index (Phi) is 6.90.